The van der Waals surface area contributed by atoms with Gasteiger partial charge in [-0.2, -0.15) is 0 Å². The third-order valence-corrected chi connectivity index (χ3v) is 10.3. The molecule has 0 aliphatic carbocycles. The Hall–Kier alpha value is -4.34. The molecule has 1 saturated heterocycles. The molecule has 52 heavy (non-hydrogen) atoms. The van der Waals surface area contributed by atoms with Gasteiger partial charge in [0.25, 0.3) is 0 Å². The molecule has 7 rings (SSSR count). The third kappa shape index (κ3) is 8.01. The van der Waals surface area contributed by atoms with Gasteiger partial charge in [0.1, 0.15) is 0 Å². The van der Waals surface area contributed by atoms with Crippen LogP contribution in [0.3, 0.4) is 0 Å². The van der Waals surface area contributed by atoms with E-state index in [9.17, 15) is 9.59 Å². The lowest BCUT2D eigenvalue weighted by Crippen LogP contribution is -2.41. The van der Waals surface area contributed by atoms with E-state index in [4.69, 9.17) is 27.6 Å². The van der Waals surface area contributed by atoms with E-state index in [2.05, 4.69) is 25.9 Å². The number of benzene rings is 2. The van der Waals surface area contributed by atoms with E-state index in [1.165, 1.54) is 9.13 Å². The zero-order chi connectivity index (χ0) is 38.0. The molecule has 2 atom stereocenters. The maximum Gasteiger partial charge on any atom is 0.494 e. The van der Waals surface area contributed by atoms with Crippen molar-refractivity contribution < 1.29 is 27.6 Å². The van der Waals surface area contributed by atoms with E-state index in [0.717, 1.165) is 43.2 Å². The second kappa shape index (κ2) is 15.7. The molecule has 0 radical (unpaired) electrons. The fraction of sp³-hybridized carbons (Fsp3) is 0.368. The summed E-state index contributed by atoms with van der Waals surface area (Å²) in [4.78, 5) is 31.2. The first-order valence-corrected chi connectivity index (χ1v) is 17.5. The van der Waals surface area contributed by atoms with Crippen LogP contribution in [0.25, 0.3) is 33.3 Å². The summed E-state index contributed by atoms with van der Waals surface area (Å²) < 4.78 is 36.8. The number of methoxy groups -OCH3 is 2. The van der Waals surface area contributed by atoms with Crippen molar-refractivity contribution in [1.29, 1.82) is 0 Å². The van der Waals surface area contributed by atoms with Gasteiger partial charge in [-0.1, -0.05) is 12.1 Å². The number of aromatic nitrogens is 4. The summed E-state index contributed by atoms with van der Waals surface area (Å²) in [6, 6.07) is 15.1. The van der Waals surface area contributed by atoms with Crippen LogP contribution in [0.4, 0.5) is 0 Å². The molecule has 0 bridgehead atoms. The minimum Gasteiger partial charge on any atom is -0.408 e. The Bertz CT molecular complexity index is 2280. The Morgan fingerprint density at radius 1 is 0.731 bits per heavy atom. The number of ether oxygens (including phenoxy) is 2. The van der Waals surface area contributed by atoms with Gasteiger partial charge >= 0.3 is 18.6 Å². The second-order valence-electron chi connectivity index (χ2n) is 13.5. The molecule has 2 aromatic carbocycles. The fourth-order valence-corrected chi connectivity index (χ4v) is 6.11. The highest BCUT2D eigenvalue weighted by atomic mass is 79.9. The van der Waals surface area contributed by atoms with Crippen molar-refractivity contribution in [3.63, 3.8) is 0 Å². The van der Waals surface area contributed by atoms with E-state index >= 15 is 0 Å². The number of nitrogens with zero attached hydrogens (tertiary/aromatic N) is 4. The highest BCUT2D eigenvalue weighted by Gasteiger charge is 2.51. The van der Waals surface area contributed by atoms with Crippen LogP contribution < -0.4 is 17.0 Å². The molecule has 1 aliphatic rings. The van der Waals surface area contributed by atoms with Crippen molar-refractivity contribution in [1.82, 2.24) is 19.1 Å². The molecule has 14 heteroatoms. The number of hydrogen-bond donors (Lipinski definition) is 0. The molecule has 2 unspecified atom stereocenters. The quantitative estimate of drug-likeness (QED) is 0.165. The van der Waals surface area contributed by atoms with Crippen LogP contribution in [-0.4, -0.2) is 51.6 Å². The van der Waals surface area contributed by atoms with Crippen molar-refractivity contribution in [3.05, 3.63) is 110 Å². The first kappa shape index (κ1) is 38.9. The lowest BCUT2D eigenvalue weighted by Gasteiger charge is -2.32. The summed E-state index contributed by atoms with van der Waals surface area (Å²) in [7, 11) is 6.31. The minimum atomic E-state index is -0.436. The van der Waals surface area contributed by atoms with Gasteiger partial charge in [-0.15, -0.1) is 0 Å². The van der Waals surface area contributed by atoms with Gasteiger partial charge in [-0.05, 0) is 116 Å². The molecular formula is C38H44BBrN4O8. The van der Waals surface area contributed by atoms with Gasteiger partial charge < -0.3 is 27.6 Å². The van der Waals surface area contributed by atoms with E-state index < -0.39 is 7.12 Å². The van der Waals surface area contributed by atoms with Gasteiger partial charge in [-0.3, -0.25) is 19.1 Å². The summed E-state index contributed by atoms with van der Waals surface area (Å²) in [5.41, 5.74) is 6.92. The van der Waals surface area contributed by atoms with Crippen LogP contribution in [0.1, 0.15) is 64.9 Å². The third-order valence-electron chi connectivity index (χ3n) is 9.68. The number of fused-ring (bicyclic) bond motifs is 2. The van der Waals surface area contributed by atoms with E-state index in [0.29, 0.717) is 11.2 Å². The largest absolute Gasteiger partial charge is 0.494 e. The van der Waals surface area contributed by atoms with Crippen LogP contribution in [0.2, 0.25) is 0 Å². The molecule has 4 aromatic heterocycles. The molecule has 274 valence electrons. The molecule has 0 N–H and O–H groups in total. The van der Waals surface area contributed by atoms with Crippen molar-refractivity contribution in [2.24, 2.45) is 14.1 Å². The zero-order valence-corrected chi connectivity index (χ0v) is 32.7. The second-order valence-corrected chi connectivity index (χ2v) is 14.3. The van der Waals surface area contributed by atoms with Crippen LogP contribution in [0, 0.1) is 0 Å². The highest BCUT2D eigenvalue weighted by molar-refractivity contribution is 9.10. The van der Waals surface area contributed by atoms with Gasteiger partial charge in [-0.25, -0.2) is 9.59 Å². The smallest absolute Gasteiger partial charge is 0.408 e. The Kier molecular flexibility index (Phi) is 11.8. The lowest BCUT2D eigenvalue weighted by atomic mass is 9.79. The first-order valence-electron chi connectivity index (χ1n) is 16.7. The molecule has 0 amide bonds. The molecule has 1 fully saturated rings. The van der Waals surface area contributed by atoms with E-state index in [1.54, 1.807) is 59.0 Å². The Balaban J connectivity index is 0.000000158. The molecule has 6 aromatic rings. The maximum absolute atomic E-state index is 11.6. The standard InChI is InChI=1S/C16H16N2O3.C14H18BNO4.C8H10BrNO/c1-10(20-3)12-6-7-17-9-13(12)11-4-5-15-14(8-11)18(2)16(19)21-15;1-13(2)14(3,4)20-15(19-13)9-6-7-11-10(8-9)16(5)12(17)18-11;1-6(11-2)7-3-4-10-5-8(7)9/h4-10H,1-3H3;6-8H,1-5H3;3-6H,1-2H3. The predicted molar refractivity (Wildman–Crippen MR) is 205 cm³/mol. The van der Waals surface area contributed by atoms with Crippen LogP contribution in [0.5, 0.6) is 0 Å². The summed E-state index contributed by atoms with van der Waals surface area (Å²) in [5.74, 6) is -0.732. The minimum absolute atomic E-state index is 0.0353. The summed E-state index contributed by atoms with van der Waals surface area (Å²) in [5, 5.41) is 0. The average molecular weight is 776 g/mol. The van der Waals surface area contributed by atoms with Crippen LogP contribution in [0.15, 0.2) is 96.2 Å². The zero-order valence-electron chi connectivity index (χ0n) is 31.1. The summed E-state index contributed by atoms with van der Waals surface area (Å²) in [6.07, 6.45) is 7.17. The predicted octanol–water partition coefficient (Wildman–Crippen LogP) is 6.88. The molecular weight excluding hydrogens is 731 g/mol. The molecule has 12 nitrogen and oxygen atoms in total. The van der Waals surface area contributed by atoms with Crippen molar-refractivity contribution >= 4 is 50.7 Å². The lowest BCUT2D eigenvalue weighted by molar-refractivity contribution is 0.00578. The summed E-state index contributed by atoms with van der Waals surface area (Å²) in [6.45, 7) is 12.0. The molecule has 1 aliphatic heterocycles. The van der Waals surface area contributed by atoms with Gasteiger partial charge in [0.15, 0.2) is 11.2 Å². The van der Waals surface area contributed by atoms with Crippen molar-refractivity contribution in [2.75, 3.05) is 14.2 Å². The Morgan fingerprint density at radius 2 is 1.23 bits per heavy atom. The maximum atomic E-state index is 11.6. The molecule has 0 spiro atoms. The average Bonchev–Trinajstić information content (AvgIpc) is 3.67. The highest BCUT2D eigenvalue weighted by Crippen LogP contribution is 2.36. The first-order chi connectivity index (χ1) is 24.6. The van der Waals surface area contributed by atoms with E-state index in [1.807, 2.05) is 84.1 Å². The van der Waals surface area contributed by atoms with Gasteiger partial charge in [0.2, 0.25) is 0 Å². The van der Waals surface area contributed by atoms with Crippen molar-refractivity contribution in [2.45, 2.75) is 65.0 Å². The van der Waals surface area contributed by atoms with Crippen LogP contribution in [-0.2, 0) is 32.9 Å². The number of rotatable bonds is 6. The van der Waals surface area contributed by atoms with E-state index in [-0.39, 0.29) is 34.9 Å². The molecule has 0 saturated carbocycles. The van der Waals surface area contributed by atoms with Crippen molar-refractivity contribution in [3.8, 4) is 11.1 Å². The Morgan fingerprint density at radius 3 is 1.79 bits per heavy atom. The monoisotopic (exact) mass is 774 g/mol. The fourth-order valence-electron chi connectivity index (χ4n) is 5.53. The number of aryl methyl sites for hydroxylation is 2. The number of oxazole rings is 2. The SMILES string of the molecule is COC(C)c1ccncc1-c1ccc2oc(=O)n(C)c2c1.COC(C)c1ccncc1Br.Cn1c(=O)oc2ccc(B3OC(C)(C)C(C)(C)O3)cc21. The number of halogens is 1. The number of hydrogen-bond acceptors (Lipinski definition) is 10. The number of pyridine rings is 2. The van der Waals surface area contributed by atoms with Crippen LogP contribution >= 0.6 is 15.9 Å². The Labute approximate surface area is 311 Å². The summed E-state index contributed by atoms with van der Waals surface area (Å²) >= 11 is 3.40. The van der Waals surface area contributed by atoms with Gasteiger partial charge in [0, 0.05) is 63.1 Å². The van der Waals surface area contributed by atoms with Gasteiger partial charge in [0.05, 0.1) is 34.4 Å². The normalized spacial score (nSPS) is 15.9. The topological polar surface area (TPSA) is 133 Å². The molecule has 5 heterocycles.